The maximum atomic E-state index is 13.1. The maximum Gasteiger partial charge on any atom is 0.280 e. The van der Waals surface area contributed by atoms with E-state index in [4.69, 9.17) is 18.6 Å². The van der Waals surface area contributed by atoms with Crippen molar-refractivity contribution in [3.63, 3.8) is 0 Å². The van der Waals surface area contributed by atoms with Crippen LogP contribution in [-0.2, 0) is 19.6 Å². The van der Waals surface area contributed by atoms with E-state index in [2.05, 4.69) is 66.3 Å². The predicted octanol–water partition coefficient (Wildman–Crippen LogP) is 7.05. The second-order valence-corrected chi connectivity index (χ2v) is 20.9. The molecule has 0 spiro atoms. The van der Waals surface area contributed by atoms with Gasteiger partial charge in [-0.25, -0.2) is 4.98 Å². The van der Waals surface area contributed by atoms with E-state index < -0.39 is 37.7 Å². The van der Waals surface area contributed by atoms with Crippen LogP contribution in [0.2, 0.25) is 18.1 Å². The number of aromatic nitrogens is 4. The van der Waals surface area contributed by atoms with E-state index in [1.54, 1.807) is 32.6 Å². The summed E-state index contributed by atoms with van der Waals surface area (Å²) < 4.78 is 27.3. The number of nitrogens with one attached hydrogen (secondary N) is 2. The normalized spacial score (nSPS) is 19.2. The number of hydrogen-bond donors (Lipinski definition) is 3. The van der Waals surface area contributed by atoms with E-state index in [1.165, 1.54) is 6.33 Å². The van der Waals surface area contributed by atoms with Gasteiger partial charge < -0.3 is 28.3 Å². The second kappa shape index (κ2) is 15.7. The predicted molar refractivity (Wildman–Crippen MR) is 215 cm³/mol. The maximum absolute atomic E-state index is 13.1. The van der Waals surface area contributed by atoms with Crippen molar-refractivity contribution in [3.8, 4) is 11.5 Å². The lowest BCUT2D eigenvalue weighted by Crippen LogP contribution is -2.49. The molecule has 1 saturated carbocycles. The molecule has 3 aromatic carbocycles. The average molecular weight is 768 g/mol. The number of H-pyrrole nitrogens is 1. The van der Waals surface area contributed by atoms with Crippen molar-refractivity contribution >= 4 is 31.3 Å². The van der Waals surface area contributed by atoms with Crippen LogP contribution < -0.4 is 20.3 Å². The third-order valence-electron chi connectivity index (χ3n) is 11.2. The van der Waals surface area contributed by atoms with Gasteiger partial charge in [0.05, 0.1) is 39.3 Å². The number of aliphatic hydroxyl groups excluding tert-OH is 1. The summed E-state index contributed by atoms with van der Waals surface area (Å²) in [6, 6.07) is 25.3. The fraction of sp³-hybridized carbons (Fsp3) is 0.429. The van der Waals surface area contributed by atoms with Gasteiger partial charge in [0.2, 0.25) is 11.9 Å². The van der Waals surface area contributed by atoms with Crippen LogP contribution in [0.1, 0.15) is 63.8 Å². The molecule has 0 aliphatic heterocycles. The number of hydrogen-bond acceptors (Lipinski definition) is 9. The fourth-order valence-electron chi connectivity index (χ4n) is 7.00. The van der Waals surface area contributed by atoms with Crippen molar-refractivity contribution in [1.82, 2.24) is 19.5 Å². The third-order valence-corrected chi connectivity index (χ3v) is 15.7. The van der Waals surface area contributed by atoms with Crippen molar-refractivity contribution in [3.05, 3.63) is 112 Å². The Morgan fingerprint density at radius 1 is 0.945 bits per heavy atom. The highest BCUT2D eigenvalue weighted by Gasteiger charge is 2.51. The number of carbonyl (C=O) groups excluding carboxylic acids is 1. The fourth-order valence-corrected chi connectivity index (χ4v) is 8.37. The van der Waals surface area contributed by atoms with Crippen molar-refractivity contribution in [2.45, 2.75) is 83.0 Å². The van der Waals surface area contributed by atoms with Crippen molar-refractivity contribution in [2.75, 3.05) is 26.1 Å². The molecule has 0 unspecified atom stereocenters. The zero-order valence-electron chi connectivity index (χ0n) is 33.1. The van der Waals surface area contributed by atoms with Gasteiger partial charge in [0.15, 0.2) is 19.5 Å². The zero-order valence-corrected chi connectivity index (χ0v) is 34.1. The number of anilines is 1. The van der Waals surface area contributed by atoms with E-state index in [9.17, 15) is 14.7 Å². The van der Waals surface area contributed by atoms with Crippen LogP contribution in [0.3, 0.4) is 0 Å². The average Bonchev–Trinajstić information content (AvgIpc) is 3.72. The summed E-state index contributed by atoms with van der Waals surface area (Å²) in [6.07, 6.45) is 0.350. The molecule has 1 aliphatic rings. The molecule has 2 heterocycles. The Labute approximate surface area is 323 Å². The molecule has 5 aromatic rings. The Balaban J connectivity index is 1.45. The minimum atomic E-state index is -2.44. The molecule has 2 aromatic heterocycles. The largest absolute Gasteiger partial charge is 0.497 e. The van der Waals surface area contributed by atoms with Crippen LogP contribution >= 0.6 is 0 Å². The minimum Gasteiger partial charge on any atom is -0.497 e. The van der Waals surface area contributed by atoms with E-state index in [0.29, 0.717) is 6.42 Å². The summed E-state index contributed by atoms with van der Waals surface area (Å²) in [4.78, 5) is 37.3. The first-order valence-electron chi connectivity index (χ1n) is 18.7. The quantitative estimate of drug-likeness (QED) is 0.0846. The second-order valence-electron chi connectivity index (χ2n) is 16.1. The Kier molecular flexibility index (Phi) is 11.4. The van der Waals surface area contributed by atoms with Gasteiger partial charge in [-0.15, -0.1) is 0 Å². The monoisotopic (exact) mass is 767 g/mol. The number of carbonyl (C=O) groups is 1. The standard InChI is InChI=1S/C42H53N5O7Si/c1-26(2)38(49)45-40-44-37-34(39(50)46-40)43-25-47(37)33-23-27(36(35(33)48)54-55(8,9)41(3,4)5)24-53-42(28-13-11-10-12-14-28,29-15-19-31(51-6)20-16-29)30-17-21-32(52-7)22-18-30/h10-22,25-27,33,35-36,48H,23-24H2,1-9H3,(H2,44,45,46,49,50)/t27-,33-,35+,36-/m1/s1. The van der Waals surface area contributed by atoms with Gasteiger partial charge in [0.1, 0.15) is 23.2 Å². The Bertz CT molecular complexity index is 2100. The molecule has 0 bridgehead atoms. The summed E-state index contributed by atoms with van der Waals surface area (Å²) in [5, 5.41) is 14.9. The van der Waals surface area contributed by atoms with Crippen LogP contribution in [0.4, 0.5) is 5.95 Å². The first-order chi connectivity index (χ1) is 26.1. The molecule has 12 nitrogen and oxygen atoms in total. The van der Waals surface area contributed by atoms with Gasteiger partial charge in [-0.1, -0.05) is 89.2 Å². The van der Waals surface area contributed by atoms with Crippen LogP contribution in [-0.4, -0.2) is 71.9 Å². The number of aromatic amines is 1. The highest BCUT2D eigenvalue weighted by Crippen LogP contribution is 2.47. The summed E-state index contributed by atoms with van der Waals surface area (Å²) in [5.41, 5.74) is 1.50. The first kappa shape index (κ1) is 39.9. The molecule has 13 heteroatoms. The van der Waals surface area contributed by atoms with E-state index in [-0.39, 0.29) is 46.5 Å². The van der Waals surface area contributed by atoms with Gasteiger partial charge >= 0.3 is 0 Å². The van der Waals surface area contributed by atoms with Gasteiger partial charge in [0, 0.05) is 11.8 Å². The van der Waals surface area contributed by atoms with Gasteiger partial charge in [-0.05, 0) is 65.5 Å². The van der Waals surface area contributed by atoms with Crippen molar-refractivity contribution in [2.24, 2.45) is 11.8 Å². The van der Waals surface area contributed by atoms with Crippen LogP contribution in [0.5, 0.6) is 11.5 Å². The van der Waals surface area contributed by atoms with Gasteiger partial charge in [0.25, 0.3) is 5.56 Å². The number of aliphatic hydroxyl groups is 1. The molecule has 4 atom stereocenters. The van der Waals surface area contributed by atoms with E-state index in [0.717, 1.165) is 28.2 Å². The summed E-state index contributed by atoms with van der Waals surface area (Å²) in [7, 11) is 0.838. The molecule has 0 radical (unpaired) electrons. The van der Waals surface area contributed by atoms with E-state index >= 15 is 0 Å². The van der Waals surface area contributed by atoms with Gasteiger partial charge in [-0.3, -0.25) is 19.9 Å². The first-order valence-corrected chi connectivity index (χ1v) is 21.6. The summed E-state index contributed by atoms with van der Waals surface area (Å²) in [5.74, 6) is 0.550. The molecule has 3 N–H and O–H groups in total. The number of amides is 1. The Morgan fingerprint density at radius 3 is 2.04 bits per heavy atom. The molecule has 292 valence electrons. The molecule has 0 saturated heterocycles. The van der Waals surface area contributed by atoms with Crippen molar-refractivity contribution < 1.29 is 28.5 Å². The van der Waals surface area contributed by atoms with Crippen molar-refractivity contribution in [1.29, 1.82) is 0 Å². The molecular weight excluding hydrogens is 715 g/mol. The molecule has 55 heavy (non-hydrogen) atoms. The summed E-state index contributed by atoms with van der Waals surface area (Å²) >= 11 is 0. The minimum absolute atomic E-state index is 0.0195. The summed E-state index contributed by atoms with van der Waals surface area (Å²) in [6.45, 7) is 14.6. The SMILES string of the molecule is COc1ccc(C(OC[C@H]2C[C@@H](n3cnc4c(=O)[nH]c(NC(=O)C(C)C)nc43)[C@H](O)[C@@H]2O[Si](C)(C)C(C)(C)C)(c2ccccc2)c2ccc(OC)cc2)cc1. The number of nitrogens with zero attached hydrogens (tertiary/aromatic N) is 3. The molecule has 6 rings (SSSR count). The lowest BCUT2D eigenvalue weighted by molar-refractivity contribution is -0.118. The number of imidazole rings is 1. The number of ether oxygens (including phenoxy) is 3. The Morgan fingerprint density at radius 2 is 1.51 bits per heavy atom. The molecule has 1 aliphatic carbocycles. The zero-order chi connectivity index (χ0) is 39.7. The van der Waals surface area contributed by atoms with Crippen LogP contribution in [0.15, 0.2) is 90.0 Å². The molecular formula is C42H53N5O7Si. The number of methoxy groups -OCH3 is 2. The highest BCUT2D eigenvalue weighted by atomic mass is 28.4. The molecule has 1 amide bonds. The smallest absolute Gasteiger partial charge is 0.280 e. The van der Waals surface area contributed by atoms with E-state index in [1.807, 2.05) is 66.7 Å². The van der Waals surface area contributed by atoms with Gasteiger partial charge in [-0.2, -0.15) is 4.98 Å². The number of rotatable bonds is 13. The lowest BCUT2D eigenvalue weighted by Gasteiger charge is -2.41. The highest BCUT2D eigenvalue weighted by molar-refractivity contribution is 6.74. The van der Waals surface area contributed by atoms with Crippen LogP contribution in [0, 0.1) is 11.8 Å². The lowest BCUT2D eigenvalue weighted by atomic mass is 9.79. The third kappa shape index (κ3) is 7.84. The number of fused-ring (bicyclic) bond motifs is 1. The Hall–Kier alpha value is -4.82. The van der Waals surface area contributed by atoms with Crippen LogP contribution in [0.25, 0.3) is 11.2 Å². The molecule has 1 fully saturated rings. The topological polar surface area (TPSA) is 150 Å². The number of benzene rings is 3.